The van der Waals surface area contributed by atoms with Crippen molar-refractivity contribution in [3.05, 3.63) is 225 Å². The van der Waals surface area contributed by atoms with Gasteiger partial charge in [-0.05, 0) is 199 Å². The fourth-order valence-electron chi connectivity index (χ4n) is 15.7. The van der Waals surface area contributed by atoms with Crippen LogP contribution in [0.5, 0.6) is 0 Å². The summed E-state index contributed by atoms with van der Waals surface area (Å²) < 4.78 is 6.74. The van der Waals surface area contributed by atoms with Gasteiger partial charge in [0.05, 0.1) is 11.1 Å². The molecule has 0 saturated carbocycles. The zero-order valence-electron chi connectivity index (χ0n) is 51.2. The van der Waals surface area contributed by atoms with Gasteiger partial charge < -0.3 is 19.1 Å². The highest BCUT2D eigenvalue weighted by Crippen LogP contribution is 2.56. The molecule has 0 amide bonds. The number of nitrogens with zero attached hydrogens (tertiary/aromatic N) is 3. The summed E-state index contributed by atoms with van der Waals surface area (Å²) in [7, 11) is 0. The van der Waals surface area contributed by atoms with Gasteiger partial charge in [-0.15, -0.1) is 0 Å². The highest BCUT2D eigenvalue weighted by molar-refractivity contribution is 7.00. The van der Waals surface area contributed by atoms with Crippen LogP contribution in [0.25, 0.3) is 21.9 Å². The van der Waals surface area contributed by atoms with Crippen molar-refractivity contribution in [2.75, 3.05) is 14.7 Å². The van der Waals surface area contributed by atoms with Gasteiger partial charge in [-0.3, -0.25) is 0 Å². The van der Waals surface area contributed by atoms with Gasteiger partial charge in [-0.1, -0.05) is 182 Å². The number of hydrogen-bond acceptors (Lipinski definition) is 4. The Balaban J connectivity index is 1.09. The Labute approximate surface area is 487 Å². The van der Waals surface area contributed by atoms with E-state index in [0.717, 1.165) is 51.1 Å². The Morgan fingerprint density at radius 1 is 0.427 bits per heavy atom. The van der Waals surface area contributed by atoms with Gasteiger partial charge in [0.15, 0.2) is 0 Å². The van der Waals surface area contributed by atoms with E-state index in [2.05, 4.69) is 295 Å². The molecule has 0 N–H and O–H groups in total. The summed E-state index contributed by atoms with van der Waals surface area (Å²) in [6.45, 7) is 37.9. The lowest BCUT2D eigenvalue weighted by Crippen LogP contribution is -2.61. The van der Waals surface area contributed by atoms with E-state index in [0.29, 0.717) is 0 Å². The van der Waals surface area contributed by atoms with Gasteiger partial charge >= 0.3 is 0 Å². The lowest BCUT2D eigenvalue weighted by Gasteiger charge is -2.47. The summed E-state index contributed by atoms with van der Waals surface area (Å²) in [6.07, 6.45) is 1.07. The Hall–Kier alpha value is -7.76. The summed E-state index contributed by atoms with van der Waals surface area (Å²) in [5.41, 5.74) is 29.5. The molecule has 4 aliphatic rings. The van der Waals surface area contributed by atoms with E-state index in [1.807, 2.05) is 0 Å². The second-order valence-electron chi connectivity index (χ2n) is 29.1. The first-order valence-corrected chi connectivity index (χ1v) is 30.0. The Kier molecular flexibility index (Phi) is 11.1. The van der Waals surface area contributed by atoms with Crippen LogP contribution in [0.15, 0.2) is 174 Å². The van der Waals surface area contributed by atoms with Crippen LogP contribution in [-0.4, -0.2) is 6.71 Å². The maximum atomic E-state index is 6.74. The number of fused-ring (bicyclic) bond motifs is 10. The van der Waals surface area contributed by atoms with Crippen molar-refractivity contribution in [2.45, 2.75) is 150 Å². The number of anilines is 9. The lowest BCUT2D eigenvalue weighted by molar-refractivity contribution is 0.403. The summed E-state index contributed by atoms with van der Waals surface area (Å²) in [4.78, 5) is 7.80. The molecule has 0 atom stereocenters. The topological polar surface area (TPSA) is 22.9 Å². The SMILES string of the molecule is Cc1cc2c3c(c1)N(c1cccc4oc5ccccc5c14)c1cc4c(cc1B3c1cc(N(c3ccc(C(C)(C)C)cc3)c3ccc(C(C)(C)C)cc3)ccc1N2c1cc2c(cc1C)C(C)(C)c1ccccc1C2(C)C)C(C)(C)CC4(C)C. The molecule has 2 aliphatic carbocycles. The van der Waals surface area contributed by atoms with Crippen molar-refractivity contribution in [2.24, 2.45) is 0 Å². The Morgan fingerprint density at radius 3 is 1.52 bits per heavy atom. The van der Waals surface area contributed by atoms with E-state index in [1.54, 1.807) is 0 Å². The van der Waals surface area contributed by atoms with E-state index in [9.17, 15) is 0 Å². The summed E-state index contributed by atoms with van der Waals surface area (Å²) in [6, 6.07) is 65.8. The van der Waals surface area contributed by atoms with E-state index >= 15 is 0 Å². The number of furan rings is 1. The van der Waals surface area contributed by atoms with Crippen LogP contribution in [-0.2, 0) is 32.5 Å². The zero-order valence-corrected chi connectivity index (χ0v) is 51.2. The molecule has 5 heteroatoms. The van der Waals surface area contributed by atoms with Gasteiger partial charge in [0.2, 0.25) is 0 Å². The van der Waals surface area contributed by atoms with Crippen LogP contribution in [0.2, 0.25) is 0 Å². The maximum Gasteiger partial charge on any atom is 0.252 e. The van der Waals surface area contributed by atoms with Crippen molar-refractivity contribution in [3.63, 3.8) is 0 Å². The van der Waals surface area contributed by atoms with Crippen molar-refractivity contribution in [1.82, 2.24) is 0 Å². The third-order valence-electron chi connectivity index (χ3n) is 19.7. The minimum Gasteiger partial charge on any atom is -0.456 e. The van der Waals surface area contributed by atoms with Crippen molar-refractivity contribution < 1.29 is 4.42 Å². The molecule has 3 heterocycles. The van der Waals surface area contributed by atoms with Gasteiger partial charge in [-0.2, -0.15) is 0 Å². The Morgan fingerprint density at radius 2 is 0.927 bits per heavy atom. The smallest absolute Gasteiger partial charge is 0.252 e. The molecular weight excluding hydrogens is 994 g/mol. The summed E-state index contributed by atoms with van der Waals surface area (Å²) in [5.74, 6) is 0. The second kappa shape index (κ2) is 17.4. The molecule has 10 aromatic rings. The second-order valence-corrected chi connectivity index (χ2v) is 29.1. The fraction of sp³-hybridized carbons (Fsp3) is 0.299. The molecule has 4 nitrogen and oxygen atoms in total. The minimum absolute atomic E-state index is 0.0159. The molecule has 0 radical (unpaired) electrons. The highest BCUT2D eigenvalue weighted by Gasteiger charge is 2.50. The van der Waals surface area contributed by atoms with Crippen LogP contribution in [0.1, 0.15) is 159 Å². The van der Waals surface area contributed by atoms with E-state index in [-0.39, 0.29) is 39.2 Å². The normalized spacial score (nSPS) is 16.8. The number of para-hydroxylation sites is 1. The van der Waals surface area contributed by atoms with Gasteiger partial charge in [0.25, 0.3) is 6.71 Å². The van der Waals surface area contributed by atoms with E-state index in [4.69, 9.17) is 4.42 Å². The summed E-state index contributed by atoms with van der Waals surface area (Å²) in [5, 5.41) is 2.26. The molecule has 0 spiro atoms. The first-order valence-electron chi connectivity index (χ1n) is 30.0. The van der Waals surface area contributed by atoms with Gasteiger partial charge in [0, 0.05) is 61.7 Å². The molecule has 0 fully saturated rings. The average molecular weight is 1070 g/mol. The average Bonchev–Trinajstić information content (AvgIpc) is 1.21. The Bertz CT molecular complexity index is 4250. The molecule has 9 aromatic carbocycles. The van der Waals surface area contributed by atoms with E-state index in [1.165, 1.54) is 100 Å². The van der Waals surface area contributed by atoms with Crippen LogP contribution < -0.4 is 31.1 Å². The number of rotatable bonds is 5. The third kappa shape index (κ3) is 7.63. The summed E-state index contributed by atoms with van der Waals surface area (Å²) >= 11 is 0. The monoisotopic (exact) mass is 1070 g/mol. The number of benzene rings is 9. The molecule has 410 valence electrons. The molecule has 0 bridgehead atoms. The highest BCUT2D eigenvalue weighted by atomic mass is 16.3. The molecule has 0 saturated heterocycles. The molecule has 1 aromatic heterocycles. The van der Waals surface area contributed by atoms with Gasteiger partial charge in [0.1, 0.15) is 11.2 Å². The molecule has 14 rings (SSSR count). The largest absolute Gasteiger partial charge is 0.456 e. The predicted octanol–water partition coefficient (Wildman–Crippen LogP) is 19.3. The predicted molar refractivity (Wildman–Crippen MR) is 351 cm³/mol. The van der Waals surface area contributed by atoms with Gasteiger partial charge in [-0.25, -0.2) is 0 Å². The van der Waals surface area contributed by atoms with Crippen LogP contribution in [0, 0.1) is 13.8 Å². The van der Waals surface area contributed by atoms with Crippen molar-refractivity contribution in [1.29, 1.82) is 0 Å². The first kappa shape index (κ1) is 52.3. The van der Waals surface area contributed by atoms with E-state index < -0.39 is 0 Å². The first-order chi connectivity index (χ1) is 38.7. The molecule has 0 unspecified atom stereocenters. The standard InChI is InChI=1S/C77H78BN3O/c1-46-38-66-71-67(39-46)81(63-25-21-27-69-70(63)53-22-17-20-26-68(53)82-69)65-43-57-56(74(9,10)45-75(57,11)12)42-61(65)78(71)60-41-52(79(50-32-28-48(29-33-50)72(3,4)5)51-34-30-49(31-35-51)73(6,7)8)36-37-62(60)80(66)64-44-59-58(40-47(64)2)76(13,14)54-23-18-19-24-55(54)77(59,15)16/h17-44H,45H2,1-16H3. The minimum atomic E-state index is -0.241. The quantitative estimate of drug-likeness (QED) is 0.160. The maximum absolute atomic E-state index is 6.74. The van der Waals surface area contributed by atoms with Crippen LogP contribution >= 0.6 is 0 Å². The third-order valence-corrected chi connectivity index (χ3v) is 19.7. The number of aryl methyl sites for hydroxylation is 2. The lowest BCUT2D eigenvalue weighted by atomic mass is 9.33. The zero-order chi connectivity index (χ0) is 57.5. The van der Waals surface area contributed by atoms with Crippen molar-refractivity contribution in [3.8, 4) is 0 Å². The van der Waals surface area contributed by atoms with Crippen LogP contribution in [0.3, 0.4) is 0 Å². The van der Waals surface area contributed by atoms with Crippen LogP contribution in [0.4, 0.5) is 51.2 Å². The fourth-order valence-corrected chi connectivity index (χ4v) is 15.7. The molecule has 82 heavy (non-hydrogen) atoms. The molecular formula is C77H78BN3O. The number of hydrogen-bond donors (Lipinski definition) is 0. The van der Waals surface area contributed by atoms with Crippen molar-refractivity contribution >= 4 is 96.2 Å². The molecule has 2 aliphatic heterocycles.